The van der Waals surface area contributed by atoms with Gasteiger partial charge in [0, 0.05) is 6.54 Å². The Morgan fingerprint density at radius 2 is 1.77 bits per heavy atom. The topological polar surface area (TPSA) is 84.9 Å². The molecule has 3 aromatic rings. The molecule has 8 heteroatoms. The van der Waals surface area contributed by atoms with Crippen molar-refractivity contribution in [3.05, 3.63) is 83.4 Å². The van der Waals surface area contributed by atoms with Gasteiger partial charge in [-0.2, -0.15) is 0 Å². The molecule has 35 heavy (non-hydrogen) atoms. The predicted molar refractivity (Wildman–Crippen MR) is 135 cm³/mol. The van der Waals surface area contributed by atoms with E-state index in [-0.39, 0.29) is 17.3 Å². The van der Waals surface area contributed by atoms with E-state index in [0.717, 1.165) is 18.4 Å². The average molecular weight is 495 g/mol. The van der Waals surface area contributed by atoms with E-state index in [1.165, 1.54) is 34.7 Å². The molecule has 1 aliphatic rings. The number of methoxy groups -OCH3 is 1. The summed E-state index contributed by atoms with van der Waals surface area (Å²) in [6.07, 6.45) is 0.777. The van der Waals surface area contributed by atoms with Crippen molar-refractivity contribution in [2.24, 2.45) is 0 Å². The zero-order chi connectivity index (χ0) is 25.0. The predicted octanol–water partition coefficient (Wildman–Crippen LogP) is 4.09. The van der Waals surface area contributed by atoms with Crippen LogP contribution in [0.3, 0.4) is 0 Å². The molecule has 0 unspecified atom stereocenters. The molecule has 4 rings (SSSR count). The number of carbonyl (C=O) groups is 1. The monoisotopic (exact) mass is 494 g/mol. The highest BCUT2D eigenvalue weighted by molar-refractivity contribution is 7.92. The van der Waals surface area contributed by atoms with Gasteiger partial charge in [0.25, 0.3) is 15.9 Å². The summed E-state index contributed by atoms with van der Waals surface area (Å²) in [5.74, 6) is 0.541. The van der Waals surface area contributed by atoms with Crippen LogP contribution in [0.2, 0.25) is 0 Å². The molecule has 7 nitrogen and oxygen atoms in total. The summed E-state index contributed by atoms with van der Waals surface area (Å²) in [5.41, 5.74) is 3.82. The third-order valence-electron chi connectivity index (χ3n) is 6.19. The molecule has 0 spiro atoms. The number of carbonyl (C=O) groups excluding carboxylic acids is 1. The highest BCUT2D eigenvalue weighted by Crippen LogP contribution is 2.37. The second-order valence-corrected chi connectivity index (χ2v) is 10.2. The second kappa shape index (κ2) is 10.4. The molecule has 0 saturated carbocycles. The molecule has 1 N–H and O–H groups in total. The fourth-order valence-corrected chi connectivity index (χ4v) is 5.62. The summed E-state index contributed by atoms with van der Waals surface area (Å²) < 4.78 is 39.4. The molecule has 1 heterocycles. The number of nitrogens with one attached hydrogen (secondary N) is 1. The molecule has 0 fully saturated rings. The van der Waals surface area contributed by atoms with Gasteiger partial charge in [-0.25, -0.2) is 8.42 Å². The summed E-state index contributed by atoms with van der Waals surface area (Å²) in [5, 5.41) is 2.95. The van der Waals surface area contributed by atoms with E-state index in [2.05, 4.69) is 37.4 Å². The lowest BCUT2D eigenvalue weighted by Crippen LogP contribution is -2.50. The maximum Gasteiger partial charge on any atom is 0.264 e. The number of sulfonamides is 1. The molecule has 0 radical (unpaired) electrons. The Hall–Kier alpha value is -3.52. The van der Waals surface area contributed by atoms with Crippen LogP contribution in [0, 0.1) is 0 Å². The highest BCUT2D eigenvalue weighted by Gasteiger charge is 2.37. The SMILES string of the molecule is CCc1ccc(CC)c(CNC(=O)[C@@H]2CN(S(=O)(=O)c3ccc(OC)cc3)c3ccccc3O2)c1. The van der Waals surface area contributed by atoms with Crippen molar-refractivity contribution in [3.63, 3.8) is 0 Å². The summed E-state index contributed by atoms with van der Waals surface area (Å²) in [4.78, 5) is 13.3. The molecule has 0 aromatic heterocycles. The van der Waals surface area contributed by atoms with E-state index >= 15 is 0 Å². The number of hydrogen-bond donors (Lipinski definition) is 1. The van der Waals surface area contributed by atoms with E-state index < -0.39 is 16.1 Å². The van der Waals surface area contributed by atoms with Crippen LogP contribution in [0.1, 0.15) is 30.5 Å². The molecular weight excluding hydrogens is 464 g/mol. The van der Waals surface area contributed by atoms with Crippen molar-refractivity contribution in [2.75, 3.05) is 18.0 Å². The molecule has 0 saturated heterocycles. The van der Waals surface area contributed by atoms with E-state index in [1.54, 1.807) is 36.4 Å². The number of fused-ring (bicyclic) bond motifs is 1. The van der Waals surface area contributed by atoms with Gasteiger partial charge in [-0.05, 0) is 65.9 Å². The number of anilines is 1. The first-order valence-electron chi connectivity index (χ1n) is 11.7. The third kappa shape index (κ3) is 5.12. The van der Waals surface area contributed by atoms with Gasteiger partial charge < -0.3 is 14.8 Å². The second-order valence-electron chi connectivity index (χ2n) is 8.31. The highest BCUT2D eigenvalue weighted by atomic mass is 32.2. The van der Waals surface area contributed by atoms with Gasteiger partial charge in [-0.15, -0.1) is 0 Å². The Labute approximate surface area is 206 Å². The molecule has 1 aliphatic heterocycles. The van der Waals surface area contributed by atoms with Gasteiger partial charge in [0.15, 0.2) is 6.10 Å². The van der Waals surface area contributed by atoms with Crippen LogP contribution < -0.4 is 19.1 Å². The average Bonchev–Trinajstić information content (AvgIpc) is 2.90. The van der Waals surface area contributed by atoms with Crippen molar-refractivity contribution >= 4 is 21.6 Å². The number of amides is 1. The van der Waals surface area contributed by atoms with Crippen molar-refractivity contribution in [2.45, 2.75) is 44.2 Å². The number of ether oxygens (including phenoxy) is 2. The van der Waals surface area contributed by atoms with Crippen LogP contribution in [-0.2, 0) is 34.2 Å². The Kier molecular flexibility index (Phi) is 7.31. The number of hydrogen-bond acceptors (Lipinski definition) is 5. The van der Waals surface area contributed by atoms with Crippen LogP contribution in [0.5, 0.6) is 11.5 Å². The van der Waals surface area contributed by atoms with Gasteiger partial charge in [-0.1, -0.05) is 44.2 Å². The van der Waals surface area contributed by atoms with Crippen LogP contribution in [0.15, 0.2) is 71.6 Å². The van der Waals surface area contributed by atoms with Crippen molar-refractivity contribution in [1.82, 2.24) is 5.32 Å². The Balaban J connectivity index is 1.58. The Morgan fingerprint density at radius 1 is 1.03 bits per heavy atom. The number of benzene rings is 3. The van der Waals surface area contributed by atoms with Crippen LogP contribution in [0.25, 0.3) is 0 Å². The maximum absolute atomic E-state index is 13.5. The molecule has 3 aromatic carbocycles. The summed E-state index contributed by atoms with van der Waals surface area (Å²) in [6, 6.07) is 19.3. The van der Waals surface area contributed by atoms with E-state index in [1.807, 2.05) is 0 Å². The molecule has 184 valence electrons. The summed E-state index contributed by atoms with van der Waals surface area (Å²) in [6.45, 7) is 4.39. The number of aryl methyl sites for hydroxylation is 2. The lowest BCUT2D eigenvalue weighted by molar-refractivity contribution is -0.127. The number of para-hydroxylation sites is 2. The zero-order valence-corrected chi connectivity index (χ0v) is 21.0. The lowest BCUT2D eigenvalue weighted by atomic mass is 10.0. The summed E-state index contributed by atoms with van der Waals surface area (Å²) in [7, 11) is -2.42. The minimum Gasteiger partial charge on any atom is -0.497 e. The minimum absolute atomic E-state index is 0.109. The van der Waals surface area contributed by atoms with Gasteiger partial charge in [-0.3, -0.25) is 9.10 Å². The normalized spacial score (nSPS) is 15.2. The van der Waals surface area contributed by atoms with E-state index in [4.69, 9.17) is 9.47 Å². The Bertz CT molecular complexity index is 1310. The lowest BCUT2D eigenvalue weighted by Gasteiger charge is -2.34. The van der Waals surface area contributed by atoms with E-state index in [0.29, 0.717) is 23.7 Å². The van der Waals surface area contributed by atoms with Gasteiger partial charge in [0.1, 0.15) is 11.5 Å². The fourth-order valence-electron chi connectivity index (χ4n) is 4.15. The molecule has 0 bridgehead atoms. The van der Waals surface area contributed by atoms with Crippen LogP contribution >= 0.6 is 0 Å². The van der Waals surface area contributed by atoms with Crippen molar-refractivity contribution < 1.29 is 22.7 Å². The third-order valence-corrected chi connectivity index (χ3v) is 7.98. The minimum atomic E-state index is -3.94. The summed E-state index contributed by atoms with van der Waals surface area (Å²) >= 11 is 0. The molecule has 0 aliphatic carbocycles. The van der Waals surface area contributed by atoms with Crippen molar-refractivity contribution in [1.29, 1.82) is 0 Å². The van der Waals surface area contributed by atoms with E-state index in [9.17, 15) is 13.2 Å². The van der Waals surface area contributed by atoms with Gasteiger partial charge in [0.05, 0.1) is 24.2 Å². The molecule has 1 amide bonds. The standard InChI is InChI=1S/C27H30N2O5S/c1-4-19-10-11-20(5-2)21(16-19)17-28-27(30)26-18-29(24-8-6-7-9-25(24)34-26)35(31,32)23-14-12-22(33-3)13-15-23/h6-16,26H,4-5,17-18H2,1-3H3,(H,28,30)/t26-/m0/s1. The first-order valence-corrected chi connectivity index (χ1v) is 13.1. The Morgan fingerprint density at radius 3 is 2.46 bits per heavy atom. The quantitative estimate of drug-likeness (QED) is 0.510. The van der Waals surface area contributed by atoms with Crippen LogP contribution in [-0.4, -0.2) is 34.1 Å². The smallest absolute Gasteiger partial charge is 0.264 e. The molecule has 1 atom stereocenters. The van der Waals surface area contributed by atoms with Gasteiger partial charge >= 0.3 is 0 Å². The maximum atomic E-state index is 13.5. The fraction of sp³-hybridized carbons (Fsp3) is 0.296. The number of rotatable bonds is 8. The van der Waals surface area contributed by atoms with Crippen molar-refractivity contribution in [3.8, 4) is 11.5 Å². The van der Waals surface area contributed by atoms with Crippen LogP contribution in [0.4, 0.5) is 5.69 Å². The van der Waals surface area contributed by atoms with Gasteiger partial charge in [0.2, 0.25) is 0 Å². The number of nitrogens with zero attached hydrogens (tertiary/aromatic N) is 1. The first-order chi connectivity index (χ1) is 16.9. The first kappa shape index (κ1) is 24.6. The largest absolute Gasteiger partial charge is 0.497 e. The zero-order valence-electron chi connectivity index (χ0n) is 20.2. The molecular formula is C27H30N2O5S.